The van der Waals surface area contributed by atoms with Crippen molar-refractivity contribution >= 4 is 10.0 Å². The van der Waals surface area contributed by atoms with Crippen LogP contribution in [-0.2, 0) is 10.0 Å². The van der Waals surface area contributed by atoms with Crippen LogP contribution >= 0.6 is 0 Å². The molecule has 19 heavy (non-hydrogen) atoms. The maximum absolute atomic E-state index is 12.0. The van der Waals surface area contributed by atoms with Crippen LogP contribution in [0.5, 0.6) is 0 Å². The van der Waals surface area contributed by atoms with Gasteiger partial charge in [0.1, 0.15) is 11.5 Å². The third kappa shape index (κ3) is 4.31. The molecule has 0 radical (unpaired) electrons. The van der Waals surface area contributed by atoms with Gasteiger partial charge < -0.3 is 5.11 Å². The highest BCUT2D eigenvalue weighted by molar-refractivity contribution is 7.89. The first kappa shape index (κ1) is 14.0. The van der Waals surface area contributed by atoms with Crippen molar-refractivity contribution in [2.24, 2.45) is 5.92 Å². The molecule has 0 spiro atoms. The van der Waals surface area contributed by atoms with E-state index >= 15 is 0 Å². The summed E-state index contributed by atoms with van der Waals surface area (Å²) in [6.45, 7) is 0.191. The van der Waals surface area contributed by atoms with E-state index in [2.05, 4.69) is 21.5 Å². The molecular formula is C13H16N2O3S. The summed E-state index contributed by atoms with van der Waals surface area (Å²) >= 11 is 0. The standard InChI is InChI=1S/C13H16N2O3S/c16-7-1-2-12-8-13(10-14-9-12)19(17,18)15-6-5-11-3-4-11/h8-11,15-16H,3-7H2. The third-order valence-electron chi connectivity index (χ3n) is 2.88. The fourth-order valence-electron chi connectivity index (χ4n) is 1.66. The van der Waals surface area contributed by atoms with Crippen molar-refractivity contribution in [3.63, 3.8) is 0 Å². The van der Waals surface area contributed by atoms with Gasteiger partial charge in [0.05, 0.1) is 0 Å². The Morgan fingerprint density at radius 3 is 2.89 bits per heavy atom. The van der Waals surface area contributed by atoms with Crippen molar-refractivity contribution < 1.29 is 13.5 Å². The number of aliphatic hydroxyl groups is 1. The topological polar surface area (TPSA) is 79.3 Å². The van der Waals surface area contributed by atoms with Crippen LogP contribution in [0.4, 0.5) is 0 Å². The number of hydrogen-bond donors (Lipinski definition) is 2. The lowest BCUT2D eigenvalue weighted by Crippen LogP contribution is -2.25. The molecule has 5 nitrogen and oxygen atoms in total. The number of hydrogen-bond acceptors (Lipinski definition) is 4. The summed E-state index contributed by atoms with van der Waals surface area (Å²) in [6.07, 6.45) is 6.05. The molecule has 1 aliphatic carbocycles. The minimum atomic E-state index is -3.52. The second kappa shape index (κ2) is 6.15. The van der Waals surface area contributed by atoms with Crippen molar-refractivity contribution in [2.45, 2.75) is 24.2 Å². The molecule has 0 amide bonds. The van der Waals surface area contributed by atoms with Crippen molar-refractivity contribution in [3.8, 4) is 11.8 Å². The Kier molecular flexibility index (Phi) is 4.53. The number of aliphatic hydroxyl groups excluding tert-OH is 1. The second-order valence-corrected chi connectivity index (χ2v) is 6.27. The van der Waals surface area contributed by atoms with E-state index in [1.54, 1.807) is 0 Å². The largest absolute Gasteiger partial charge is 0.384 e. The summed E-state index contributed by atoms with van der Waals surface area (Å²) in [4.78, 5) is 3.96. The average Bonchev–Trinajstić information content (AvgIpc) is 3.21. The molecule has 0 bridgehead atoms. The van der Waals surface area contributed by atoms with E-state index in [0.29, 0.717) is 18.0 Å². The molecule has 6 heteroatoms. The van der Waals surface area contributed by atoms with Gasteiger partial charge in [-0.3, -0.25) is 4.98 Å². The number of nitrogens with one attached hydrogen (secondary N) is 1. The molecule has 2 rings (SSSR count). The number of sulfonamides is 1. The third-order valence-corrected chi connectivity index (χ3v) is 4.30. The van der Waals surface area contributed by atoms with Crippen molar-refractivity contribution in [3.05, 3.63) is 24.0 Å². The van der Waals surface area contributed by atoms with Crippen LogP contribution in [0, 0.1) is 17.8 Å². The predicted octanol–water partition coefficient (Wildman–Crippen LogP) is 0.504. The van der Waals surface area contributed by atoms with Gasteiger partial charge in [0, 0.05) is 24.5 Å². The van der Waals surface area contributed by atoms with E-state index in [1.165, 1.54) is 31.3 Å². The predicted molar refractivity (Wildman–Crippen MR) is 70.7 cm³/mol. The van der Waals surface area contributed by atoms with Crippen molar-refractivity contribution in [1.29, 1.82) is 0 Å². The highest BCUT2D eigenvalue weighted by Crippen LogP contribution is 2.31. The Hall–Kier alpha value is -1.42. The van der Waals surface area contributed by atoms with Crippen LogP contribution < -0.4 is 4.72 Å². The molecule has 1 heterocycles. The number of nitrogens with zero attached hydrogens (tertiary/aromatic N) is 1. The van der Waals surface area contributed by atoms with E-state index in [4.69, 9.17) is 5.11 Å². The molecule has 0 saturated heterocycles. The van der Waals surface area contributed by atoms with Crippen molar-refractivity contribution in [2.75, 3.05) is 13.2 Å². The molecule has 2 N–H and O–H groups in total. The van der Waals surface area contributed by atoms with E-state index in [-0.39, 0.29) is 11.5 Å². The van der Waals surface area contributed by atoms with Gasteiger partial charge in [-0.15, -0.1) is 0 Å². The van der Waals surface area contributed by atoms with Crippen LogP contribution in [0.15, 0.2) is 23.4 Å². The Morgan fingerprint density at radius 2 is 2.21 bits per heavy atom. The minimum Gasteiger partial charge on any atom is -0.384 e. The fraction of sp³-hybridized carbons (Fsp3) is 0.462. The molecule has 1 aromatic heterocycles. The quantitative estimate of drug-likeness (QED) is 0.770. The van der Waals surface area contributed by atoms with Gasteiger partial charge >= 0.3 is 0 Å². The zero-order valence-corrected chi connectivity index (χ0v) is 11.3. The minimum absolute atomic E-state index is 0.105. The SMILES string of the molecule is O=S(=O)(NCCC1CC1)c1cncc(C#CCO)c1. The first-order chi connectivity index (χ1) is 9.12. The zero-order chi connectivity index (χ0) is 13.7. The van der Waals surface area contributed by atoms with Gasteiger partial charge in [0.2, 0.25) is 10.0 Å². The molecule has 0 aliphatic heterocycles. The van der Waals surface area contributed by atoms with Crippen LogP contribution in [-0.4, -0.2) is 31.7 Å². The molecular weight excluding hydrogens is 264 g/mol. The Bertz CT molecular complexity index is 598. The summed E-state index contributed by atoms with van der Waals surface area (Å²) < 4.78 is 26.6. The lowest BCUT2D eigenvalue weighted by atomic mass is 10.3. The summed E-state index contributed by atoms with van der Waals surface area (Å²) in [6, 6.07) is 1.45. The van der Waals surface area contributed by atoms with E-state index < -0.39 is 10.0 Å². The van der Waals surface area contributed by atoms with Crippen molar-refractivity contribution in [1.82, 2.24) is 9.71 Å². The summed E-state index contributed by atoms with van der Waals surface area (Å²) in [5, 5.41) is 8.61. The van der Waals surface area contributed by atoms with Gasteiger partial charge in [-0.05, 0) is 18.4 Å². The Morgan fingerprint density at radius 1 is 1.42 bits per heavy atom. The summed E-state index contributed by atoms with van der Waals surface area (Å²) in [7, 11) is -3.52. The Labute approximate surface area is 113 Å². The molecule has 0 unspecified atom stereocenters. The highest BCUT2D eigenvalue weighted by atomic mass is 32.2. The van der Waals surface area contributed by atoms with Gasteiger partial charge in [0.15, 0.2) is 0 Å². The van der Waals surface area contributed by atoms with Gasteiger partial charge in [-0.1, -0.05) is 24.7 Å². The molecule has 1 saturated carbocycles. The zero-order valence-electron chi connectivity index (χ0n) is 10.5. The van der Waals surface area contributed by atoms with E-state index in [0.717, 1.165) is 6.42 Å². The maximum Gasteiger partial charge on any atom is 0.242 e. The molecule has 1 aromatic rings. The molecule has 1 aliphatic rings. The van der Waals surface area contributed by atoms with Crippen LogP contribution in [0.1, 0.15) is 24.8 Å². The van der Waals surface area contributed by atoms with Crippen LogP contribution in [0.3, 0.4) is 0 Å². The lowest BCUT2D eigenvalue weighted by molar-refractivity contribution is 0.350. The van der Waals surface area contributed by atoms with E-state index in [1.807, 2.05) is 0 Å². The molecule has 0 aromatic carbocycles. The number of aromatic nitrogens is 1. The molecule has 0 atom stereocenters. The normalized spacial score (nSPS) is 14.8. The fourth-order valence-corrected chi connectivity index (χ4v) is 2.70. The van der Waals surface area contributed by atoms with Gasteiger partial charge in [0.25, 0.3) is 0 Å². The summed E-state index contributed by atoms with van der Waals surface area (Å²) in [5.74, 6) is 5.78. The summed E-state index contributed by atoms with van der Waals surface area (Å²) in [5.41, 5.74) is 0.471. The average molecular weight is 280 g/mol. The monoisotopic (exact) mass is 280 g/mol. The first-order valence-corrected chi connectivity index (χ1v) is 7.64. The van der Waals surface area contributed by atoms with Crippen LogP contribution in [0.25, 0.3) is 0 Å². The molecule has 102 valence electrons. The smallest absolute Gasteiger partial charge is 0.242 e. The molecule has 1 fully saturated rings. The van der Waals surface area contributed by atoms with E-state index in [9.17, 15) is 8.42 Å². The number of rotatable bonds is 5. The lowest BCUT2D eigenvalue weighted by Gasteiger charge is -2.06. The first-order valence-electron chi connectivity index (χ1n) is 6.16. The van der Waals surface area contributed by atoms with Gasteiger partial charge in [-0.25, -0.2) is 13.1 Å². The Balaban J connectivity index is 2.05. The van der Waals surface area contributed by atoms with Gasteiger partial charge in [-0.2, -0.15) is 0 Å². The van der Waals surface area contributed by atoms with Crippen LogP contribution in [0.2, 0.25) is 0 Å². The number of pyridine rings is 1. The second-order valence-electron chi connectivity index (χ2n) is 4.50. The maximum atomic E-state index is 12.0. The highest BCUT2D eigenvalue weighted by Gasteiger charge is 2.22.